The predicted octanol–water partition coefficient (Wildman–Crippen LogP) is 8.08. The Labute approximate surface area is 209 Å². The van der Waals surface area contributed by atoms with Gasteiger partial charge in [-0.05, 0) is 0 Å². The minimum absolute atomic E-state index is 0.169. The van der Waals surface area contributed by atoms with Gasteiger partial charge in [-0.1, -0.05) is 0 Å². The van der Waals surface area contributed by atoms with E-state index in [0.29, 0.717) is 0 Å². The predicted molar refractivity (Wildman–Crippen MR) is 142 cm³/mol. The molecule has 33 heavy (non-hydrogen) atoms. The van der Waals surface area contributed by atoms with Crippen LogP contribution < -0.4 is 3.27 Å². The van der Waals surface area contributed by atoms with Gasteiger partial charge in [0, 0.05) is 0 Å². The van der Waals surface area contributed by atoms with Crippen LogP contribution in [0.15, 0.2) is 51.8 Å². The fraction of sp³-hybridized carbons (Fsp3) is 0.469. The first-order chi connectivity index (χ1) is 15.6. The van der Waals surface area contributed by atoms with Crippen LogP contribution in [0.5, 0.6) is 0 Å². The molecule has 2 aromatic rings. The number of benzene rings is 2. The standard InChI is InChI=1S/C21H25.C6H10.C5H5.Zr/c1-20(2,3)16-9-7-14-11-15-8-10-17(21(4,5)6)13-19(15)18(14)12-16;1-2-4-6-5-3-1;1-2-4-5-3-1;/h7,9-10,12-13H,11H2,1-6H3;1-5H2;1-3H,4H2;. The number of rotatable bonds is 2. The van der Waals surface area contributed by atoms with Gasteiger partial charge in [-0.15, -0.1) is 0 Å². The SMILES string of the molecule is CC(C)(C)c1ccc2c(c1)-c1cc(C(C)(C)C)c[c]([Zr]([C]3=CC=CC3)=[C]3CCCCC3)c1C2. The molecule has 1 fully saturated rings. The number of hydrogen-bond donors (Lipinski definition) is 0. The van der Waals surface area contributed by atoms with Gasteiger partial charge in [-0.2, -0.15) is 0 Å². The summed E-state index contributed by atoms with van der Waals surface area (Å²) in [5.41, 5.74) is 9.64. The van der Waals surface area contributed by atoms with E-state index in [1.54, 1.807) is 20.0 Å². The quantitative estimate of drug-likeness (QED) is 0.324. The van der Waals surface area contributed by atoms with Crippen molar-refractivity contribution >= 4 is 6.48 Å². The average molecular weight is 516 g/mol. The molecule has 5 rings (SSSR count). The second-order valence-corrected chi connectivity index (χ2v) is 18.9. The summed E-state index contributed by atoms with van der Waals surface area (Å²) in [6.07, 6.45) is 16.6. The summed E-state index contributed by atoms with van der Waals surface area (Å²) in [5.74, 6) is 0. The van der Waals surface area contributed by atoms with Crippen molar-refractivity contribution in [2.24, 2.45) is 0 Å². The van der Waals surface area contributed by atoms with Crippen LogP contribution in [0.25, 0.3) is 11.1 Å². The van der Waals surface area contributed by atoms with Gasteiger partial charge in [-0.3, -0.25) is 0 Å². The normalized spacial score (nSPS) is 17.8. The molecular weight excluding hydrogens is 476 g/mol. The zero-order chi connectivity index (χ0) is 23.4. The second-order valence-electron chi connectivity index (χ2n) is 12.5. The third-order valence-electron chi connectivity index (χ3n) is 7.92. The van der Waals surface area contributed by atoms with Crippen LogP contribution in [-0.4, -0.2) is 3.21 Å². The van der Waals surface area contributed by atoms with Crippen LogP contribution in [0.4, 0.5) is 0 Å². The molecule has 0 amide bonds. The van der Waals surface area contributed by atoms with Crippen LogP contribution in [-0.2, 0) is 38.5 Å². The molecule has 172 valence electrons. The van der Waals surface area contributed by atoms with E-state index in [1.807, 2.05) is 6.49 Å². The first kappa shape index (κ1) is 23.4. The minimum atomic E-state index is -2.09. The topological polar surface area (TPSA) is 0 Å². The van der Waals surface area contributed by atoms with Gasteiger partial charge in [0.2, 0.25) is 0 Å². The summed E-state index contributed by atoms with van der Waals surface area (Å²) in [5, 5.41) is 0. The molecule has 1 saturated carbocycles. The number of fused-ring (bicyclic) bond motifs is 3. The van der Waals surface area contributed by atoms with E-state index >= 15 is 0 Å². The Morgan fingerprint density at radius 1 is 0.758 bits per heavy atom. The molecule has 0 nitrogen and oxygen atoms in total. The van der Waals surface area contributed by atoms with Crippen LogP contribution in [0, 0.1) is 0 Å². The van der Waals surface area contributed by atoms with Crippen molar-refractivity contribution in [2.75, 3.05) is 0 Å². The zero-order valence-electron chi connectivity index (χ0n) is 21.6. The summed E-state index contributed by atoms with van der Waals surface area (Å²) in [6.45, 7) is 14.2. The van der Waals surface area contributed by atoms with Crippen molar-refractivity contribution in [3.05, 3.63) is 74.1 Å². The van der Waals surface area contributed by atoms with Gasteiger partial charge in [0.1, 0.15) is 0 Å². The van der Waals surface area contributed by atoms with Crippen molar-refractivity contribution in [3.63, 3.8) is 0 Å². The monoisotopic (exact) mass is 514 g/mol. The molecule has 0 aromatic heterocycles. The van der Waals surface area contributed by atoms with Gasteiger partial charge in [-0.25, -0.2) is 0 Å². The first-order valence-corrected chi connectivity index (χ1v) is 16.7. The molecule has 0 aliphatic heterocycles. The van der Waals surface area contributed by atoms with Gasteiger partial charge in [0.25, 0.3) is 0 Å². The second kappa shape index (κ2) is 8.71. The van der Waals surface area contributed by atoms with Crippen molar-refractivity contribution in [2.45, 2.75) is 97.3 Å². The van der Waals surface area contributed by atoms with Crippen LogP contribution in [0.2, 0.25) is 0 Å². The fourth-order valence-corrected chi connectivity index (χ4v) is 14.3. The van der Waals surface area contributed by atoms with E-state index in [4.69, 9.17) is 0 Å². The molecule has 0 saturated heterocycles. The van der Waals surface area contributed by atoms with Crippen LogP contribution >= 0.6 is 0 Å². The Balaban J connectivity index is 1.76. The average Bonchev–Trinajstić information content (AvgIpc) is 3.41. The van der Waals surface area contributed by atoms with E-state index in [1.165, 1.54) is 55.2 Å². The van der Waals surface area contributed by atoms with Gasteiger partial charge >= 0.3 is 210 Å². The van der Waals surface area contributed by atoms with Gasteiger partial charge in [0.05, 0.1) is 0 Å². The molecule has 0 N–H and O–H groups in total. The molecule has 0 unspecified atom stereocenters. The summed E-state index contributed by atoms with van der Waals surface area (Å²) < 4.78 is 5.60. The molecule has 2 aromatic carbocycles. The Kier molecular flexibility index (Phi) is 6.18. The van der Waals surface area contributed by atoms with Crippen LogP contribution in [0.1, 0.15) is 102 Å². The molecule has 0 heterocycles. The molecular formula is C32H40Zr. The molecule has 0 radical (unpaired) electrons. The third kappa shape index (κ3) is 4.52. The third-order valence-corrected chi connectivity index (χ3v) is 15.8. The summed E-state index contributed by atoms with van der Waals surface area (Å²) in [7, 11) is 0. The molecule has 0 spiro atoms. The number of allylic oxidation sites excluding steroid dienone is 4. The van der Waals surface area contributed by atoms with Crippen molar-refractivity contribution < 1.29 is 21.3 Å². The summed E-state index contributed by atoms with van der Waals surface area (Å²) >= 11 is -2.09. The Morgan fingerprint density at radius 3 is 2.09 bits per heavy atom. The van der Waals surface area contributed by atoms with E-state index in [2.05, 4.69) is 90.1 Å². The molecule has 0 bridgehead atoms. The molecule has 1 heteroatoms. The molecule has 3 aliphatic carbocycles. The fourth-order valence-electron chi connectivity index (χ4n) is 5.85. The van der Waals surface area contributed by atoms with Crippen molar-refractivity contribution in [3.8, 4) is 11.1 Å². The van der Waals surface area contributed by atoms with E-state index in [0.717, 1.165) is 6.42 Å². The first-order valence-electron chi connectivity index (χ1n) is 13.0. The molecule has 3 aliphatic rings. The maximum absolute atomic E-state index is 2.69. The number of hydrogen-bond acceptors (Lipinski definition) is 0. The summed E-state index contributed by atoms with van der Waals surface area (Å²) in [6, 6.07) is 12.6. The Hall–Kier alpha value is -1.33. The molecule has 0 atom stereocenters. The van der Waals surface area contributed by atoms with Gasteiger partial charge in [0.15, 0.2) is 0 Å². The van der Waals surface area contributed by atoms with E-state index in [9.17, 15) is 0 Å². The maximum atomic E-state index is 2.69. The van der Waals surface area contributed by atoms with Crippen molar-refractivity contribution in [1.29, 1.82) is 0 Å². The van der Waals surface area contributed by atoms with Crippen molar-refractivity contribution in [1.82, 2.24) is 0 Å². The van der Waals surface area contributed by atoms with E-state index in [-0.39, 0.29) is 10.8 Å². The Bertz CT molecular complexity index is 1180. The van der Waals surface area contributed by atoms with Gasteiger partial charge < -0.3 is 0 Å². The van der Waals surface area contributed by atoms with Crippen LogP contribution in [0.3, 0.4) is 0 Å². The van der Waals surface area contributed by atoms with E-state index < -0.39 is 21.3 Å². The zero-order valence-corrected chi connectivity index (χ0v) is 24.0. The Morgan fingerprint density at radius 2 is 1.45 bits per heavy atom. The summed E-state index contributed by atoms with van der Waals surface area (Å²) in [4.78, 5) is 0.